The molecule has 10 nitrogen and oxygen atoms in total. The quantitative estimate of drug-likeness (QED) is 0.206. The van der Waals surface area contributed by atoms with Gasteiger partial charge in [0.1, 0.15) is 17.8 Å². The van der Waals surface area contributed by atoms with Crippen LogP contribution in [0.5, 0.6) is 0 Å². The lowest BCUT2D eigenvalue weighted by Gasteiger charge is -2.56. The molecular weight excluding hydrogens is 544 g/mol. The predicted molar refractivity (Wildman–Crippen MR) is 152 cm³/mol. The number of allylic oxidation sites excluding steroid dienone is 1. The van der Waals surface area contributed by atoms with Gasteiger partial charge < -0.3 is 34.3 Å². The molecule has 0 aromatic carbocycles. The van der Waals surface area contributed by atoms with Crippen molar-refractivity contribution in [2.45, 2.75) is 116 Å². The molecule has 12 unspecified atom stereocenters. The highest BCUT2D eigenvalue weighted by Gasteiger charge is 2.93. The van der Waals surface area contributed by atoms with E-state index >= 15 is 0 Å². The molecule has 1 heterocycles. The van der Waals surface area contributed by atoms with E-state index in [1.807, 2.05) is 20.8 Å². The average molecular weight is 595 g/mol. The second-order valence-corrected chi connectivity index (χ2v) is 14.0. The molecule has 0 amide bonds. The summed E-state index contributed by atoms with van der Waals surface area (Å²) in [5.74, 6) is -5.66. The molecule has 3 saturated carbocycles. The zero-order valence-corrected chi connectivity index (χ0v) is 26.9. The molecule has 12 atom stereocenters. The lowest BCUT2D eigenvalue weighted by Crippen LogP contribution is -2.71. The Kier molecular flexibility index (Phi) is 8.16. The van der Waals surface area contributed by atoms with Gasteiger partial charge in [0.15, 0.2) is 17.0 Å². The normalized spacial score (nSPS) is 46.0. The second-order valence-electron chi connectivity index (χ2n) is 14.0. The first-order chi connectivity index (χ1) is 19.4. The molecule has 1 aliphatic heterocycles. The molecule has 3 aliphatic carbocycles. The fraction of sp³-hybridized carbons (Fsp3) is 0.844. The molecule has 42 heavy (non-hydrogen) atoms. The van der Waals surface area contributed by atoms with E-state index in [4.69, 9.17) is 18.9 Å². The van der Waals surface area contributed by atoms with Crippen molar-refractivity contribution < 1.29 is 48.7 Å². The molecular formula is C32H50O10. The first-order valence-corrected chi connectivity index (χ1v) is 15.2. The molecule has 4 fully saturated rings. The van der Waals surface area contributed by atoms with Crippen molar-refractivity contribution in [2.24, 2.45) is 40.9 Å². The van der Waals surface area contributed by atoms with Gasteiger partial charge in [0.2, 0.25) is 0 Å². The average Bonchev–Trinajstić information content (AvgIpc) is 3.82. The number of esters is 2. The van der Waals surface area contributed by atoms with Crippen LogP contribution in [0.2, 0.25) is 0 Å². The van der Waals surface area contributed by atoms with Gasteiger partial charge >= 0.3 is 11.9 Å². The number of carbonyl (C=O) groups excluding carboxylic acids is 3. The molecule has 1 saturated heterocycles. The van der Waals surface area contributed by atoms with Crippen LogP contribution in [0.15, 0.2) is 11.6 Å². The minimum absolute atomic E-state index is 0.370. The number of fused-ring (bicyclic) bond motifs is 5. The number of methoxy groups -OCH3 is 1. The molecule has 238 valence electrons. The Morgan fingerprint density at radius 2 is 1.71 bits per heavy atom. The van der Waals surface area contributed by atoms with Crippen molar-refractivity contribution in [3.63, 3.8) is 0 Å². The Morgan fingerprint density at radius 3 is 2.19 bits per heavy atom. The maximum Gasteiger partial charge on any atom is 0.333 e. The summed E-state index contributed by atoms with van der Waals surface area (Å²) in [7, 11) is 1.48. The van der Waals surface area contributed by atoms with E-state index in [2.05, 4.69) is 0 Å². The number of rotatable bonds is 9. The minimum Gasteiger partial charge on any atom is -0.454 e. The molecule has 0 radical (unpaired) electrons. The molecule has 0 spiro atoms. The van der Waals surface area contributed by atoms with E-state index in [0.717, 1.165) is 0 Å². The van der Waals surface area contributed by atoms with E-state index in [1.54, 1.807) is 54.5 Å². The molecule has 4 aliphatic rings. The van der Waals surface area contributed by atoms with E-state index in [-0.39, 0.29) is 0 Å². The lowest BCUT2D eigenvalue weighted by atomic mass is 9.57. The number of hydrogen-bond acceptors (Lipinski definition) is 10. The van der Waals surface area contributed by atoms with Gasteiger partial charge in [-0.2, -0.15) is 0 Å². The highest BCUT2D eigenvalue weighted by atomic mass is 16.6. The number of ketones is 1. The summed E-state index contributed by atoms with van der Waals surface area (Å²) in [5, 5.41) is 34.7. The van der Waals surface area contributed by atoms with Crippen LogP contribution in [0.3, 0.4) is 0 Å². The van der Waals surface area contributed by atoms with E-state index in [9.17, 15) is 29.7 Å². The highest BCUT2D eigenvalue weighted by molar-refractivity contribution is 5.90. The van der Waals surface area contributed by atoms with Gasteiger partial charge in [0.25, 0.3) is 0 Å². The van der Waals surface area contributed by atoms with Crippen LogP contribution in [0.4, 0.5) is 0 Å². The topological polar surface area (TPSA) is 152 Å². The number of ether oxygens (including phenoxy) is 4. The van der Waals surface area contributed by atoms with Crippen LogP contribution in [0, 0.1) is 40.9 Å². The summed E-state index contributed by atoms with van der Waals surface area (Å²) < 4.78 is 25.3. The highest BCUT2D eigenvalue weighted by Crippen LogP contribution is 2.80. The Morgan fingerprint density at radius 1 is 1.12 bits per heavy atom. The van der Waals surface area contributed by atoms with Gasteiger partial charge in [-0.1, -0.05) is 61.5 Å². The standard InChI is InChI=1S/C32H50O10/c1-12-16(5)25(35)40-23-18(7)31(39-11)19(8)30(38,22(34)15(3)4)27(37)29(14-33)24(41-29)20(31)21-28(9,10)32(21,23)42-26(36)17(6)13-2/h12,15,17-21,23-24,27,33,37-38H,13-14H2,1-11H3/b16-12+. The maximum atomic E-state index is 13.8. The number of carbonyl (C=O) groups is 3. The third kappa shape index (κ3) is 3.84. The molecule has 0 aromatic heterocycles. The molecule has 0 bridgehead atoms. The van der Waals surface area contributed by atoms with Crippen molar-refractivity contribution in [3.8, 4) is 0 Å². The van der Waals surface area contributed by atoms with Gasteiger partial charge in [-0.15, -0.1) is 0 Å². The second kappa shape index (κ2) is 10.4. The first-order valence-electron chi connectivity index (χ1n) is 15.2. The summed E-state index contributed by atoms with van der Waals surface area (Å²) in [6, 6.07) is 0. The van der Waals surface area contributed by atoms with Crippen molar-refractivity contribution in [3.05, 3.63) is 11.6 Å². The van der Waals surface area contributed by atoms with Crippen molar-refractivity contribution >= 4 is 17.7 Å². The fourth-order valence-corrected chi connectivity index (χ4v) is 8.80. The summed E-state index contributed by atoms with van der Waals surface area (Å²) >= 11 is 0. The predicted octanol–water partition coefficient (Wildman–Crippen LogP) is 2.60. The van der Waals surface area contributed by atoms with Crippen molar-refractivity contribution in [1.82, 2.24) is 0 Å². The number of aliphatic hydroxyl groups is 3. The molecule has 3 N–H and O–H groups in total. The van der Waals surface area contributed by atoms with Crippen molar-refractivity contribution in [2.75, 3.05) is 13.7 Å². The van der Waals surface area contributed by atoms with Gasteiger partial charge in [-0.25, -0.2) is 4.79 Å². The zero-order chi connectivity index (χ0) is 32.0. The fourth-order valence-electron chi connectivity index (χ4n) is 8.80. The number of epoxide rings is 1. The molecule has 4 rings (SSSR count). The van der Waals surface area contributed by atoms with Gasteiger partial charge in [0.05, 0.1) is 24.2 Å². The summed E-state index contributed by atoms with van der Waals surface area (Å²) in [6.45, 7) is 17.0. The number of aliphatic hydroxyl groups excluding tert-OH is 2. The van der Waals surface area contributed by atoms with Crippen LogP contribution in [-0.2, 0) is 33.3 Å². The largest absolute Gasteiger partial charge is 0.454 e. The third-order valence-electron chi connectivity index (χ3n) is 11.7. The smallest absolute Gasteiger partial charge is 0.333 e. The van der Waals surface area contributed by atoms with Crippen LogP contribution in [-0.4, -0.2) is 87.5 Å². The van der Waals surface area contributed by atoms with Crippen LogP contribution < -0.4 is 0 Å². The Bertz CT molecular complexity index is 1160. The van der Waals surface area contributed by atoms with E-state index in [1.165, 1.54) is 7.11 Å². The molecule has 0 aromatic rings. The SMILES string of the molecule is C/C=C(\C)C(=O)OC1C(C)C2(OC)C(C3OC3(CO)C(O)C(O)(C(=O)C(C)C)C2C)C2C(C)(C)C12OC(=O)C(C)CC. The summed E-state index contributed by atoms with van der Waals surface area (Å²) in [4.78, 5) is 40.6. The zero-order valence-electron chi connectivity index (χ0n) is 26.9. The van der Waals surface area contributed by atoms with Crippen molar-refractivity contribution in [1.29, 1.82) is 0 Å². The minimum atomic E-state index is -2.37. The van der Waals surface area contributed by atoms with Crippen LogP contribution in [0.25, 0.3) is 0 Å². The van der Waals surface area contributed by atoms with Crippen LogP contribution in [0.1, 0.15) is 75.7 Å². The Labute approximate surface area is 249 Å². The number of hydrogen-bond donors (Lipinski definition) is 3. The lowest BCUT2D eigenvalue weighted by molar-refractivity contribution is -0.262. The first kappa shape index (κ1) is 33.1. The summed E-state index contributed by atoms with van der Waals surface area (Å²) in [6.07, 6.45) is -1.44. The monoisotopic (exact) mass is 594 g/mol. The van der Waals surface area contributed by atoms with Gasteiger partial charge in [-0.3, -0.25) is 9.59 Å². The Hall–Kier alpha value is -1.85. The van der Waals surface area contributed by atoms with E-state index < -0.39 is 106 Å². The van der Waals surface area contributed by atoms with Gasteiger partial charge in [-0.05, 0) is 20.3 Å². The third-order valence-corrected chi connectivity index (χ3v) is 11.7. The molecule has 10 heteroatoms. The van der Waals surface area contributed by atoms with Crippen LogP contribution >= 0.6 is 0 Å². The maximum absolute atomic E-state index is 13.8. The van der Waals surface area contributed by atoms with E-state index in [0.29, 0.717) is 12.0 Å². The Balaban J connectivity index is 2.01. The summed E-state index contributed by atoms with van der Waals surface area (Å²) in [5.41, 5.74) is -7.09. The number of Topliss-reactive ketones (excluding diaryl/α,β-unsaturated/α-hetero) is 1. The van der Waals surface area contributed by atoms with Gasteiger partial charge in [0, 0.05) is 47.7 Å².